The lowest BCUT2D eigenvalue weighted by Crippen LogP contribution is -2.48. The van der Waals surface area contributed by atoms with Crippen LogP contribution >= 0.6 is 0 Å². The monoisotopic (exact) mass is 464 g/mol. The second-order valence-electron chi connectivity index (χ2n) is 9.25. The lowest BCUT2D eigenvalue weighted by molar-refractivity contribution is 0.0578. The van der Waals surface area contributed by atoms with E-state index in [0.717, 1.165) is 12.0 Å². The third-order valence-corrected chi connectivity index (χ3v) is 5.58. The van der Waals surface area contributed by atoms with Crippen LogP contribution in [0.25, 0.3) is 11.0 Å². The number of anilines is 2. The molecule has 1 aliphatic rings. The summed E-state index contributed by atoms with van der Waals surface area (Å²) in [5.41, 5.74) is 0.517. The number of aryl methyl sites for hydroxylation is 1. The van der Waals surface area contributed by atoms with Crippen molar-refractivity contribution >= 4 is 34.3 Å². The number of fused-ring (bicyclic) bond motifs is 2. The predicted molar refractivity (Wildman–Crippen MR) is 130 cm³/mol. The van der Waals surface area contributed by atoms with Crippen molar-refractivity contribution in [2.75, 3.05) is 22.9 Å². The number of phenolic OH excluding ortho intramolecular Hbond substituents is 1. The van der Waals surface area contributed by atoms with Crippen molar-refractivity contribution in [3.8, 4) is 5.75 Å². The van der Waals surface area contributed by atoms with Crippen molar-refractivity contribution in [1.82, 2.24) is 0 Å². The van der Waals surface area contributed by atoms with Crippen LogP contribution in [0, 0.1) is 0 Å². The highest BCUT2D eigenvalue weighted by molar-refractivity contribution is 6.16. The first kappa shape index (κ1) is 23.4. The van der Waals surface area contributed by atoms with Gasteiger partial charge in [-0.25, -0.2) is 9.59 Å². The molecule has 178 valence electrons. The van der Waals surface area contributed by atoms with E-state index in [1.807, 2.05) is 6.92 Å². The fraction of sp³-hybridized carbons (Fsp3) is 0.346. The largest absolute Gasteiger partial charge is 0.507 e. The standard InChI is InChI=1S/C26H28N2O6/c1-5-8-16-15-21(30)33-23-17(16)11-12-20(29)22(23)24(31)27-13-14-28(25(32)34-26(2,3)4)19-10-7-6-9-18(19)27/h6-7,9-12,15,29H,5,8,13-14H2,1-4H3. The smallest absolute Gasteiger partial charge is 0.414 e. The highest BCUT2D eigenvalue weighted by Crippen LogP contribution is 2.37. The maximum atomic E-state index is 13.8. The molecule has 0 saturated carbocycles. The van der Waals surface area contributed by atoms with Gasteiger partial charge in [0.05, 0.1) is 11.4 Å². The molecule has 0 fully saturated rings. The minimum atomic E-state index is -0.665. The van der Waals surface area contributed by atoms with E-state index in [-0.39, 0.29) is 30.0 Å². The summed E-state index contributed by atoms with van der Waals surface area (Å²) in [5.74, 6) is -0.794. The average molecular weight is 465 g/mol. The molecule has 2 heterocycles. The molecule has 2 aromatic carbocycles. The zero-order chi connectivity index (χ0) is 24.6. The van der Waals surface area contributed by atoms with Gasteiger partial charge in [-0.2, -0.15) is 0 Å². The summed E-state index contributed by atoms with van der Waals surface area (Å²) in [5, 5.41) is 11.3. The molecule has 1 N–H and O–H groups in total. The molecule has 4 rings (SSSR count). The second-order valence-corrected chi connectivity index (χ2v) is 9.25. The fourth-order valence-corrected chi connectivity index (χ4v) is 4.18. The maximum absolute atomic E-state index is 13.8. The first-order valence-electron chi connectivity index (χ1n) is 11.3. The van der Waals surface area contributed by atoms with Gasteiger partial charge < -0.3 is 19.2 Å². The molecular weight excluding hydrogens is 436 g/mol. The van der Waals surface area contributed by atoms with Crippen LogP contribution in [-0.4, -0.2) is 35.8 Å². The van der Waals surface area contributed by atoms with Crippen molar-refractivity contribution < 1.29 is 23.8 Å². The van der Waals surface area contributed by atoms with Crippen LogP contribution in [-0.2, 0) is 11.2 Å². The van der Waals surface area contributed by atoms with Gasteiger partial charge in [0.1, 0.15) is 16.9 Å². The number of carbonyl (C=O) groups excluding carboxylic acids is 2. The van der Waals surface area contributed by atoms with Gasteiger partial charge in [0.15, 0.2) is 5.58 Å². The number of nitrogens with zero attached hydrogens (tertiary/aromatic N) is 2. The Morgan fingerprint density at radius 2 is 1.71 bits per heavy atom. The number of hydrogen-bond acceptors (Lipinski definition) is 6. The van der Waals surface area contributed by atoms with Crippen LogP contribution < -0.4 is 15.4 Å². The summed E-state index contributed by atoms with van der Waals surface area (Å²) in [6.07, 6.45) is 0.941. The molecule has 0 unspecified atom stereocenters. The molecule has 0 atom stereocenters. The molecule has 0 spiro atoms. The fourth-order valence-electron chi connectivity index (χ4n) is 4.18. The van der Waals surface area contributed by atoms with Crippen molar-refractivity contribution in [3.05, 3.63) is 64.0 Å². The summed E-state index contributed by atoms with van der Waals surface area (Å²) in [7, 11) is 0. The van der Waals surface area contributed by atoms with Crippen LogP contribution in [0.15, 0.2) is 51.7 Å². The van der Waals surface area contributed by atoms with E-state index in [1.165, 1.54) is 21.9 Å². The quantitative estimate of drug-likeness (QED) is 0.556. The number of phenols is 1. The average Bonchev–Trinajstić information content (AvgIpc) is 2.76. The number of para-hydroxylation sites is 2. The first-order valence-corrected chi connectivity index (χ1v) is 11.3. The number of aromatic hydroxyl groups is 1. The lowest BCUT2D eigenvalue weighted by atomic mass is 10.0. The SMILES string of the molecule is CCCc1cc(=O)oc2c(C(=O)N3CCN(C(=O)OC(C)(C)C)c4ccccc43)c(O)ccc12. The molecule has 3 aromatic rings. The van der Waals surface area contributed by atoms with Crippen molar-refractivity contribution in [2.45, 2.75) is 46.1 Å². The van der Waals surface area contributed by atoms with Crippen molar-refractivity contribution in [1.29, 1.82) is 0 Å². The first-order chi connectivity index (χ1) is 16.1. The zero-order valence-corrected chi connectivity index (χ0v) is 19.8. The van der Waals surface area contributed by atoms with Crippen LogP contribution in [0.4, 0.5) is 16.2 Å². The number of ether oxygens (including phenoxy) is 1. The zero-order valence-electron chi connectivity index (χ0n) is 19.8. The minimum absolute atomic E-state index is 0.0630. The highest BCUT2D eigenvalue weighted by atomic mass is 16.6. The molecule has 0 radical (unpaired) electrons. The van der Waals surface area contributed by atoms with Gasteiger partial charge in [-0.15, -0.1) is 0 Å². The summed E-state index contributed by atoms with van der Waals surface area (Å²) in [6, 6.07) is 11.5. The molecule has 2 amide bonds. The molecule has 0 aliphatic carbocycles. The summed E-state index contributed by atoms with van der Waals surface area (Å²) < 4.78 is 11.0. The number of amides is 2. The van der Waals surface area contributed by atoms with Gasteiger partial charge in [-0.1, -0.05) is 25.5 Å². The van der Waals surface area contributed by atoms with Crippen LogP contribution in [0.1, 0.15) is 50.0 Å². The Morgan fingerprint density at radius 1 is 1.06 bits per heavy atom. The van der Waals surface area contributed by atoms with Gasteiger partial charge in [-0.3, -0.25) is 9.69 Å². The molecule has 8 nitrogen and oxygen atoms in total. The van der Waals surface area contributed by atoms with Gasteiger partial charge in [0, 0.05) is 24.5 Å². The summed E-state index contributed by atoms with van der Waals surface area (Å²) in [4.78, 5) is 41.8. The number of hydrogen-bond donors (Lipinski definition) is 1. The Bertz CT molecular complexity index is 1320. The van der Waals surface area contributed by atoms with E-state index in [1.54, 1.807) is 51.1 Å². The Hall–Kier alpha value is -3.81. The highest BCUT2D eigenvalue weighted by Gasteiger charge is 2.34. The van der Waals surface area contributed by atoms with E-state index in [0.29, 0.717) is 23.2 Å². The summed E-state index contributed by atoms with van der Waals surface area (Å²) in [6.45, 7) is 7.74. The normalized spacial score (nSPS) is 13.6. The third kappa shape index (κ3) is 4.35. The Balaban J connectivity index is 1.79. The van der Waals surface area contributed by atoms with E-state index in [2.05, 4.69) is 0 Å². The number of benzene rings is 2. The molecule has 0 saturated heterocycles. The number of rotatable bonds is 3. The molecule has 1 aromatic heterocycles. The van der Waals surface area contributed by atoms with E-state index in [9.17, 15) is 19.5 Å². The minimum Gasteiger partial charge on any atom is -0.507 e. The Labute approximate surface area is 197 Å². The number of carbonyl (C=O) groups is 2. The summed E-state index contributed by atoms with van der Waals surface area (Å²) >= 11 is 0. The second kappa shape index (κ2) is 8.85. The van der Waals surface area contributed by atoms with Gasteiger partial charge in [0.2, 0.25) is 0 Å². The Morgan fingerprint density at radius 3 is 2.35 bits per heavy atom. The van der Waals surface area contributed by atoms with Crippen LogP contribution in [0.5, 0.6) is 5.75 Å². The molecule has 0 bridgehead atoms. The predicted octanol–water partition coefficient (Wildman–Crippen LogP) is 4.85. The van der Waals surface area contributed by atoms with Crippen LogP contribution in [0.3, 0.4) is 0 Å². The molecule has 34 heavy (non-hydrogen) atoms. The molecular formula is C26H28N2O6. The Kier molecular flexibility index (Phi) is 6.08. The van der Waals surface area contributed by atoms with Crippen molar-refractivity contribution in [2.24, 2.45) is 0 Å². The van der Waals surface area contributed by atoms with Gasteiger partial charge in [-0.05, 0) is 57.0 Å². The topological polar surface area (TPSA) is 100 Å². The maximum Gasteiger partial charge on any atom is 0.414 e. The van der Waals surface area contributed by atoms with Gasteiger partial charge >= 0.3 is 11.7 Å². The van der Waals surface area contributed by atoms with Crippen molar-refractivity contribution in [3.63, 3.8) is 0 Å². The molecule has 1 aliphatic heterocycles. The van der Waals surface area contributed by atoms with E-state index < -0.39 is 23.2 Å². The lowest BCUT2D eigenvalue weighted by Gasteiger charge is -2.37. The van der Waals surface area contributed by atoms with Crippen LogP contribution in [0.2, 0.25) is 0 Å². The molecule has 8 heteroatoms. The third-order valence-electron chi connectivity index (χ3n) is 5.58. The van der Waals surface area contributed by atoms with Gasteiger partial charge in [0.25, 0.3) is 5.91 Å². The van der Waals surface area contributed by atoms with E-state index >= 15 is 0 Å². The van der Waals surface area contributed by atoms with E-state index in [4.69, 9.17) is 9.15 Å².